The number of hydrogen-bond donors (Lipinski definition) is 0. The van der Waals surface area contributed by atoms with Crippen molar-refractivity contribution < 1.29 is 45.8 Å². The average molecular weight is 640 g/mol. The summed E-state index contributed by atoms with van der Waals surface area (Å²) in [5.74, 6) is -0.713. The Morgan fingerprint density at radius 2 is 0.771 bits per heavy atom. The van der Waals surface area contributed by atoms with Gasteiger partial charge < -0.3 is 8.83 Å². The van der Waals surface area contributed by atoms with Crippen LogP contribution in [0.3, 0.4) is 0 Å². The molecular weight excluding hydrogens is 585 g/mol. The SMILES string of the molecule is [2H]c1c([2H])c([2H])c(-c2oc3c([2H])c4c(oc5c([2H])c([2H])c(-c6c7c([2H])c([2H])c([2H])c([2H])c7c(-c7c([2H])c([2H])c([2H])c([2H])c7[2H])c7c([2H])c([2H])c([2H])c([2H])c67)cc54)c([2H])c3c2-c2c([2H])c([2H])c([2H])c([2H])c2[2H])c([2H])c1[2H]. The molecule has 0 fully saturated rings. The van der Waals surface area contributed by atoms with E-state index in [0.717, 1.165) is 6.07 Å². The standard InChI is InChI=1S/C46H28O2/c1-4-14-29(15-5-1)43-33-20-10-12-22-35(33)44(36-23-13-11-21-34(36)43)32-24-25-40-37(26-32)38-27-42-39(28-41(38)47-40)45(30-16-6-2-7-17-30)46(48-42)31-18-8-3-9-19-31/h1-28H/i1D,2D,3D,4D,5D,6D,7D,8D,9D,10D,11D,12D,13D,14D,15D,16D,17D,18D,19D,20D,21D,22D,23D,24D,25D,27D,28D. The van der Waals surface area contributed by atoms with Gasteiger partial charge in [-0.3, -0.25) is 0 Å². The van der Waals surface area contributed by atoms with E-state index in [1.807, 2.05) is 0 Å². The van der Waals surface area contributed by atoms with Gasteiger partial charge >= 0.3 is 0 Å². The van der Waals surface area contributed by atoms with Crippen LogP contribution in [0.15, 0.2) is 178 Å². The van der Waals surface area contributed by atoms with Crippen molar-refractivity contribution in [2.24, 2.45) is 0 Å². The number of rotatable bonds is 4. The fourth-order valence-corrected chi connectivity index (χ4v) is 5.86. The van der Waals surface area contributed by atoms with Crippen LogP contribution in [0.1, 0.15) is 37.0 Å². The molecule has 2 heteroatoms. The highest BCUT2D eigenvalue weighted by Gasteiger charge is 2.21. The molecule has 0 saturated heterocycles. The number of hydrogen-bond acceptors (Lipinski definition) is 2. The van der Waals surface area contributed by atoms with Crippen LogP contribution >= 0.6 is 0 Å². The highest BCUT2D eigenvalue weighted by atomic mass is 16.3. The molecule has 48 heavy (non-hydrogen) atoms. The molecule has 0 aliphatic carbocycles. The van der Waals surface area contributed by atoms with Crippen LogP contribution in [0, 0.1) is 0 Å². The zero-order chi connectivity index (χ0) is 55.1. The Morgan fingerprint density at radius 3 is 1.35 bits per heavy atom. The third-order valence-electron chi connectivity index (χ3n) is 7.80. The van der Waals surface area contributed by atoms with Crippen molar-refractivity contribution >= 4 is 54.5 Å². The third kappa shape index (κ3) is 4.06. The minimum Gasteiger partial charge on any atom is -0.456 e. The Balaban J connectivity index is 1.44. The summed E-state index contributed by atoms with van der Waals surface area (Å²) in [6.45, 7) is 0. The van der Waals surface area contributed by atoms with E-state index in [0.29, 0.717) is 0 Å². The molecule has 0 N–H and O–H groups in total. The first-order valence-electron chi connectivity index (χ1n) is 27.6. The largest absolute Gasteiger partial charge is 0.456 e. The Morgan fingerprint density at radius 1 is 0.312 bits per heavy atom. The van der Waals surface area contributed by atoms with Crippen LogP contribution < -0.4 is 0 Å². The molecule has 0 aliphatic rings. The van der Waals surface area contributed by atoms with Crippen molar-refractivity contribution in [1.29, 1.82) is 0 Å². The van der Waals surface area contributed by atoms with E-state index in [1.54, 1.807) is 0 Å². The second kappa shape index (κ2) is 10.6. The van der Waals surface area contributed by atoms with E-state index in [9.17, 15) is 11.0 Å². The first kappa shape index (κ1) is 11.4. The van der Waals surface area contributed by atoms with Crippen LogP contribution in [-0.2, 0) is 0 Å². The molecule has 0 atom stereocenters. The van der Waals surface area contributed by atoms with Gasteiger partial charge in [0.05, 0.1) is 37.0 Å². The van der Waals surface area contributed by atoms with Crippen LogP contribution in [0.5, 0.6) is 0 Å². The summed E-state index contributed by atoms with van der Waals surface area (Å²) < 4.78 is 252. The summed E-state index contributed by atoms with van der Waals surface area (Å²) in [7, 11) is 0. The minimum absolute atomic E-state index is 0.302. The van der Waals surface area contributed by atoms with Gasteiger partial charge in [-0.2, -0.15) is 0 Å². The van der Waals surface area contributed by atoms with Crippen molar-refractivity contribution in [3.63, 3.8) is 0 Å². The Kier molecular flexibility index (Phi) is 2.51. The van der Waals surface area contributed by atoms with E-state index in [2.05, 4.69) is 0 Å². The second-order valence-corrected chi connectivity index (χ2v) is 10.4. The van der Waals surface area contributed by atoms with Crippen LogP contribution in [0.4, 0.5) is 0 Å². The van der Waals surface area contributed by atoms with E-state index < -0.39 is 252 Å². The van der Waals surface area contributed by atoms with Crippen LogP contribution in [0.25, 0.3) is 99.2 Å². The molecule has 224 valence electrons. The van der Waals surface area contributed by atoms with E-state index in [1.165, 1.54) is 0 Å². The summed E-state index contributed by atoms with van der Waals surface area (Å²) in [5.41, 5.74) is -5.97. The lowest BCUT2D eigenvalue weighted by Crippen LogP contribution is -1.90. The maximum absolute atomic E-state index is 9.70. The summed E-state index contributed by atoms with van der Waals surface area (Å²) in [4.78, 5) is 0. The lowest BCUT2D eigenvalue weighted by molar-refractivity contribution is 0.632. The lowest BCUT2D eigenvalue weighted by atomic mass is 9.86. The van der Waals surface area contributed by atoms with E-state index in [-0.39, 0.29) is 10.8 Å². The summed E-state index contributed by atoms with van der Waals surface area (Å²) in [6.07, 6.45) is 0. The fraction of sp³-hybridized carbons (Fsp3) is 0. The molecule has 2 heterocycles. The normalized spacial score (nSPS) is 19.6. The molecule has 0 unspecified atom stereocenters. The molecule has 0 spiro atoms. The fourth-order valence-electron chi connectivity index (χ4n) is 5.86. The van der Waals surface area contributed by atoms with Crippen molar-refractivity contribution in [3.8, 4) is 44.7 Å². The topological polar surface area (TPSA) is 26.3 Å². The predicted octanol–water partition coefficient (Wildman–Crippen LogP) is 13.3. The number of fused-ring (bicyclic) bond motifs is 6. The van der Waals surface area contributed by atoms with Crippen molar-refractivity contribution in [2.75, 3.05) is 0 Å². The van der Waals surface area contributed by atoms with Gasteiger partial charge in [0.2, 0.25) is 0 Å². The maximum atomic E-state index is 9.70. The quantitative estimate of drug-likeness (QED) is 0.179. The van der Waals surface area contributed by atoms with Gasteiger partial charge in [-0.25, -0.2) is 0 Å². The van der Waals surface area contributed by atoms with Gasteiger partial charge in [-0.05, 0) is 73.6 Å². The number of furan rings is 2. The molecule has 0 radical (unpaired) electrons. The highest BCUT2D eigenvalue weighted by molar-refractivity contribution is 6.22. The molecular formula is C46H28O2. The monoisotopic (exact) mass is 639 g/mol. The second-order valence-electron chi connectivity index (χ2n) is 10.4. The zero-order valence-electron chi connectivity index (χ0n) is 50.9. The Bertz CT molecular complexity index is 4210. The van der Waals surface area contributed by atoms with Crippen LogP contribution in [0.2, 0.25) is 0 Å². The number of benzene rings is 8. The molecule has 10 aromatic rings. The van der Waals surface area contributed by atoms with Crippen molar-refractivity contribution in [1.82, 2.24) is 0 Å². The molecule has 10 rings (SSSR count). The van der Waals surface area contributed by atoms with Gasteiger partial charge in [-0.15, -0.1) is 0 Å². The summed E-state index contributed by atoms with van der Waals surface area (Å²) in [5, 5.41) is -3.61. The van der Waals surface area contributed by atoms with E-state index >= 15 is 0 Å². The highest BCUT2D eigenvalue weighted by Crippen LogP contribution is 2.46. The van der Waals surface area contributed by atoms with Gasteiger partial charge in [0.25, 0.3) is 0 Å². The molecule has 0 aliphatic heterocycles. The third-order valence-corrected chi connectivity index (χ3v) is 7.80. The van der Waals surface area contributed by atoms with Gasteiger partial charge in [0.15, 0.2) is 0 Å². The molecule has 2 aromatic heterocycles. The first-order chi connectivity index (χ1) is 35.0. The smallest absolute Gasteiger partial charge is 0.143 e. The van der Waals surface area contributed by atoms with Gasteiger partial charge in [0.1, 0.15) is 22.5 Å². The van der Waals surface area contributed by atoms with Crippen molar-refractivity contribution in [3.05, 3.63) is 169 Å². The Hall–Kier alpha value is -6.38. The maximum Gasteiger partial charge on any atom is 0.143 e. The molecule has 0 bridgehead atoms. The van der Waals surface area contributed by atoms with Crippen molar-refractivity contribution in [2.45, 2.75) is 0 Å². The van der Waals surface area contributed by atoms with Gasteiger partial charge in [-0.1, -0.05) is 145 Å². The van der Waals surface area contributed by atoms with E-state index in [4.69, 9.17) is 34.9 Å². The average Bonchev–Trinajstić information content (AvgIpc) is 3.97. The first-order valence-corrected chi connectivity index (χ1v) is 14.1. The molecule has 8 aromatic carbocycles. The van der Waals surface area contributed by atoms with Gasteiger partial charge in [0, 0.05) is 27.3 Å². The Labute approximate surface area is 315 Å². The zero-order valence-corrected chi connectivity index (χ0v) is 23.9. The molecule has 0 saturated carbocycles. The van der Waals surface area contributed by atoms with Crippen LogP contribution in [-0.4, -0.2) is 0 Å². The molecule has 0 amide bonds. The minimum atomic E-state index is -0.911. The summed E-state index contributed by atoms with van der Waals surface area (Å²) in [6, 6.07) is -22.4. The predicted molar refractivity (Wildman–Crippen MR) is 200 cm³/mol. The summed E-state index contributed by atoms with van der Waals surface area (Å²) >= 11 is 0. The lowest BCUT2D eigenvalue weighted by Gasteiger charge is -2.17. The molecule has 2 nitrogen and oxygen atoms in total.